The van der Waals surface area contributed by atoms with Crippen molar-refractivity contribution in [1.29, 1.82) is 0 Å². The summed E-state index contributed by atoms with van der Waals surface area (Å²) in [5.41, 5.74) is 0. The summed E-state index contributed by atoms with van der Waals surface area (Å²) >= 11 is 0. The minimum atomic E-state index is -4.00. The van der Waals surface area contributed by atoms with Crippen molar-refractivity contribution in [3.63, 3.8) is 0 Å². The van der Waals surface area contributed by atoms with E-state index in [0.717, 1.165) is 12.2 Å². The van der Waals surface area contributed by atoms with E-state index in [2.05, 4.69) is 11.6 Å². The van der Waals surface area contributed by atoms with Gasteiger partial charge in [0, 0.05) is 10.7 Å². The van der Waals surface area contributed by atoms with Gasteiger partial charge >= 0.3 is 0 Å². The summed E-state index contributed by atoms with van der Waals surface area (Å²) < 4.78 is 33.6. The number of aliphatic imine (C=N–C) groups is 1. The van der Waals surface area contributed by atoms with Crippen LogP contribution in [-0.4, -0.2) is 13.5 Å². The average Bonchev–Trinajstić information content (AvgIpc) is 1.97. The molecule has 0 radical (unpaired) electrons. The van der Waals surface area contributed by atoms with Gasteiger partial charge in [0.05, 0.1) is 0 Å². The van der Waals surface area contributed by atoms with E-state index in [-0.39, 0.29) is 0 Å². The summed E-state index contributed by atoms with van der Waals surface area (Å²) in [6.07, 6.45) is 1.87. The molecule has 0 saturated carbocycles. The Balaban J connectivity index is 5.08. The van der Waals surface area contributed by atoms with Crippen LogP contribution in [0.25, 0.3) is 0 Å². The maximum atomic E-state index is 12.4. The topological polar surface area (TPSA) is 46.5 Å². The number of rotatable bonds is 2. The van der Waals surface area contributed by atoms with Crippen LogP contribution in [0.1, 0.15) is 6.92 Å². The Labute approximate surface area is 74.7 Å². The molecule has 0 aromatic heterocycles. The van der Waals surface area contributed by atoms with Crippen LogP contribution in [-0.2, 0) is 9.05 Å². The number of allylic oxidation sites excluding steroid dienone is 1. The van der Waals surface area contributed by atoms with Crippen molar-refractivity contribution in [3.8, 4) is 0 Å². The Bertz CT molecular complexity index is 331. The van der Waals surface area contributed by atoms with Crippen LogP contribution in [0.3, 0.4) is 0 Å². The maximum absolute atomic E-state index is 12.4. The first kappa shape index (κ1) is 11.3. The Morgan fingerprint density at radius 3 is 2.42 bits per heavy atom. The summed E-state index contributed by atoms with van der Waals surface area (Å²) in [6.45, 7) is 4.50. The molecule has 0 aromatic rings. The van der Waals surface area contributed by atoms with Crippen molar-refractivity contribution in [2.45, 2.75) is 6.92 Å². The molecule has 0 atom stereocenters. The lowest BCUT2D eigenvalue weighted by molar-refractivity contribution is 0.615. The fraction of sp³-hybridized carbons (Fsp3) is 0.167. The van der Waals surface area contributed by atoms with Crippen LogP contribution in [0.15, 0.2) is 29.7 Å². The molecule has 0 fully saturated rings. The molecule has 3 nitrogen and oxygen atoms in total. The lowest BCUT2D eigenvalue weighted by atomic mass is 10.6. The molecule has 68 valence electrons. The van der Waals surface area contributed by atoms with Gasteiger partial charge in [0.2, 0.25) is 5.95 Å². The third-order valence-electron chi connectivity index (χ3n) is 0.880. The monoisotopic (exact) mass is 211 g/mol. The number of hydrogen-bond donors (Lipinski definition) is 0. The second-order valence-electron chi connectivity index (χ2n) is 1.70. The highest BCUT2D eigenvalue weighted by molar-refractivity contribution is 8.26. The van der Waals surface area contributed by atoms with Gasteiger partial charge in [-0.3, -0.25) is 0 Å². The Morgan fingerprint density at radius 2 is 2.17 bits per heavy atom. The molecular weight excluding hydrogens is 205 g/mol. The molecule has 0 aromatic carbocycles. The SMILES string of the molecule is C=C/C(=N\C(F)=C/C)S(=O)(=O)Cl. The molecule has 12 heavy (non-hydrogen) atoms. The zero-order valence-electron chi connectivity index (χ0n) is 6.29. The predicted molar refractivity (Wildman–Crippen MR) is 47.3 cm³/mol. The molecule has 0 heterocycles. The van der Waals surface area contributed by atoms with E-state index in [1.54, 1.807) is 0 Å². The van der Waals surface area contributed by atoms with Crippen LogP contribution >= 0.6 is 10.7 Å². The Kier molecular flexibility index (Phi) is 4.12. The second kappa shape index (κ2) is 4.37. The summed E-state index contributed by atoms with van der Waals surface area (Å²) in [7, 11) is 0.880. The van der Waals surface area contributed by atoms with Gasteiger partial charge in [-0.25, -0.2) is 13.4 Å². The molecule has 0 aliphatic heterocycles. The minimum Gasteiger partial charge on any atom is -0.207 e. The molecule has 0 spiro atoms. The molecule has 0 aliphatic carbocycles. The van der Waals surface area contributed by atoms with Gasteiger partial charge in [-0.2, -0.15) is 4.39 Å². The fourth-order valence-electron chi connectivity index (χ4n) is 0.370. The third-order valence-corrected chi connectivity index (χ3v) is 2.11. The van der Waals surface area contributed by atoms with Gasteiger partial charge in [-0.15, -0.1) is 0 Å². The molecule has 0 saturated heterocycles. The molecule has 0 unspecified atom stereocenters. The van der Waals surface area contributed by atoms with Crippen LogP contribution in [0, 0.1) is 0 Å². The van der Waals surface area contributed by atoms with Gasteiger partial charge in [0.1, 0.15) is 0 Å². The van der Waals surface area contributed by atoms with Crippen molar-refractivity contribution in [3.05, 3.63) is 24.7 Å². The molecule has 0 rings (SSSR count). The van der Waals surface area contributed by atoms with E-state index in [1.165, 1.54) is 6.92 Å². The van der Waals surface area contributed by atoms with E-state index in [4.69, 9.17) is 10.7 Å². The highest BCUT2D eigenvalue weighted by Gasteiger charge is 2.12. The molecule has 0 bridgehead atoms. The second-order valence-corrected chi connectivity index (χ2v) is 4.22. The van der Waals surface area contributed by atoms with Gasteiger partial charge in [-0.1, -0.05) is 6.58 Å². The summed E-state index contributed by atoms with van der Waals surface area (Å²) in [6, 6.07) is 0. The summed E-state index contributed by atoms with van der Waals surface area (Å²) in [4.78, 5) is 3.06. The van der Waals surface area contributed by atoms with E-state index in [1.807, 2.05) is 0 Å². The zero-order valence-corrected chi connectivity index (χ0v) is 7.86. The third kappa shape index (κ3) is 3.64. The van der Waals surface area contributed by atoms with Crippen molar-refractivity contribution >= 4 is 24.8 Å². The van der Waals surface area contributed by atoms with Crippen molar-refractivity contribution in [2.75, 3.05) is 0 Å². The van der Waals surface area contributed by atoms with E-state index < -0.39 is 20.0 Å². The van der Waals surface area contributed by atoms with Gasteiger partial charge in [-0.05, 0) is 19.1 Å². The molecular formula is C6H7ClFNO2S. The lowest BCUT2D eigenvalue weighted by Crippen LogP contribution is -2.03. The molecule has 6 heteroatoms. The highest BCUT2D eigenvalue weighted by atomic mass is 35.7. The van der Waals surface area contributed by atoms with Crippen LogP contribution in [0.2, 0.25) is 0 Å². The largest absolute Gasteiger partial charge is 0.278 e. The summed E-state index contributed by atoms with van der Waals surface area (Å²) in [5.74, 6) is -0.922. The summed E-state index contributed by atoms with van der Waals surface area (Å²) in [5, 5.41) is -0.597. The molecule has 0 amide bonds. The quantitative estimate of drug-likeness (QED) is 0.303. The first-order valence-corrected chi connectivity index (χ1v) is 5.20. The standard InChI is InChI=1S/C6H7ClFNO2S/c1-3-5(8)9-6(4-2)12(7,10)11/h3-4H,2H2,1H3/b5-3-,9-6+. The van der Waals surface area contributed by atoms with Gasteiger partial charge in [0.15, 0.2) is 5.04 Å². The minimum absolute atomic E-state index is 0.597. The van der Waals surface area contributed by atoms with Crippen LogP contribution < -0.4 is 0 Å². The van der Waals surface area contributed by atoms with Gasteiger partial charge < -0.3 is 0 Å². The Morgan fingerprint density at radius 1 is 1.67 bits per heavy atom. The molecule has 0 aliphatic rings. The number of nitrogens with zero attached hydrogens (tertiary/aromatic N) is 1. The van der Waals surface area contributed by atoms with E-state index in [9.17, 15) is 12.8 Å². The number of halogens is 2. The molecule has 0 N–H and O–H groups in total. The Hall–Kier alpha value is -0.680. The van der Waals surface area contributed by atoms with Crippen molar-refractivity contribution < 1.29 is 12.8 Å². The fourth-order valence-corrected chi connectivity index (χ4v) is 1.06. The van der Waals surface area contributed by atoms with Crippen LogP contribution in [0.4, 0.5) is 4.39 Å². The number of hydrogen-bond acceptors (Lipinski definition) is 3. The van der Waals surface area contributed by atoms with E-state index >= 15 is 0 Å². The van der Waals surface area contributed by atoms with Gasteiger partial charge in [0.25, 0.3) is 9.05 Å². The normalized spacial score (nSPS) is 14.6. The predicted octanol–water partition coefficient (Wildman–Crippen LogP) is 1.97. The highest BCUT2D eigenvalue weighted by Crippen LogP contribution is 2.06. The zero-order chi connectivity index (χ0) is 9.78. The lowest BCUT2D eigenvalue weighted by Gasteiger charge is -1.92. The first-order valence-electron chi connectivity index (χ1n) is 2.89. The van der Waals surface area contributed by atoms with Crippen molar-refractivity contribution in [2.24, 2.45) is 4.99 Å². The van der Waals surface area contributed by atoms with Crippen LogP contribution in [0.5, 0.6) is 0 Å². The maximum Gasteiger partial charge on any atom is 0.278 e. The van der Waals surface area contributed by atoms with Crippen molar-refractivity contribution in [1.82, 2.24) is 0 Å². The van der Waals surface area contributed by atoms with E-state index in [0.29, 0.717) is 0 Å². The smallest absolute Gasteiger partial charge is 0.207 e. The average molecular weight is 212 g/mol. The first-order chi connectivity index (χ1) is 5.41.